The van der Waals surface area contributed by atoms with Crippen LogP contribution < -0.4 is 16.0 Å². The van der Waals surface area contributed by atoms with Crippen LogP contribution in [0.3, 0.4) is 0 Å². The van der Waals surface area contributed by atoms with Gasteiger partial charge in [-0.15, -0.1) is 0 Å². The molecule has 1 heterocycles. The van der Waals surface area contributed by atoms with Gasteiger partial charge in [-0.25, -0.2) is 4.79 Å². The van der Waals surface area contributed by atoms with E-state index >= 15 is 0 Å². The number of benzene rings is 2. The Morgan fingerprint density at radius 1 is 1.07 bits per heavy atom. The van der Waals surface area contributed by atoms with Crippen molar-refractivity contribution in [3.63, 3.8) is 0 Å². The molecule has 3 amide bonds. The molecule has 0 unspecified atom stereocenters. The molecular weight excluding hydrogens is 350 g/mol. The second-order valence-electron chi connectivity index (χ2n) is 5.88. The summed E-state index contributed by atoms with van der Waals surface area (Å²) < 4.78 is 4.61. The molecule has 0 fully saturated rings. The van der Waals surface area contributed by atoms with E-state index in [1.165, 1.54) is 19.2 Å². The first kappa shape index (κ1) is 18.1. The molecule has 0 spiro atoms. The van der Waals surface area contributed by atoms with Crippen molar-refractivity contribution in [2.75, 3.05) is 17.7 Å². The molecule has 0 aliphatic carbocycles. The summed E-state index contributed by atoms with van der Waals surface area (Å²) in [7, 11) is 1.28. The van der Waals surface area contributed by atoms with Crippen LogP contribution in [0.1, 0.15) is 27.1 Å². The highest BCUT2D eigenvalue weighted by molar-refractivity contribution is 6.11. The molecule has 138 valence electrons. The zero-order valence-corrected chi connectivity index (χ0v) is 14.4. The minimum absolute atomic E-state index is 0.232. The van der Waals surface area contributed by atoms with Gasteiger partial charge >= 0.3 is 5.97 Å². The lowest BCUT2D eigenvalue weighted by atomic mass is 10.1. The largest absolute Gasteiger partial charge is 0.465 e. The fraction of sp³-hybridized carbons (Fsp3) is 0.158. The molecular formula is C19H17N3O5. The summed E-state index contributed by atoms with van der Waals surface area (Å²) in [6.45, 7) is 0. The van der Waals surface area contributed by atoms with Crippen molar-refractivity contribution in [2.24, 2.45) is 0 Å². The predicted octanol–water partition coefficient (Wildman–Crippen LogP) is 1.55. The van der Waals surface area contributed by atoms with E-state index in [-0.39, 0.29) is 6.42 Å². The maximum absolute atomic E-state index is 12.3. The predicted molar refractivity (Wildman–Crippen MR) is 97.4 cm³/mol. The molecule has 8 nitrogen and oxygen atoms in total. The number of ether oxygens (including phenoxy) is 1. The summed E-state index contributed by atoms with van der Waals surface area (Å²) in [5, 5.41) is 7.83. The number of fused-ring (bicyclic) bond motifs is 1. The summed E-state index contributed by atoms with van der Waals surface area (Å²) in [5.41, 5.74) is 1.55. The minimum Gasteiger partial charge on any atom is -0.465 e. The molecule has 0 saturated heterocycles. The first-order valence-corrected chi connectivity index (χ1v) is 8.17. The lowest BCUT2D eigenvalue weighted by Crippen LogP contribution is -2.43. The molecule has 0 radical (unpaired) electrons. The van der Waals surface area contributed by atoms with Crippen molar-refractivity contribution in [1.82, 2.24) is 5.32 Å². The van der Waals surface area contributed by atoms with Crippen LogP contribution in [-0.4, -0.2) is 36.8 Å². The number of amides is 3. The highest BCUT2D eigenvalue weighted by Crippen LogP contribution is 2.19. The zero-order valence-electron chi connectivity index (χ0n) is 14.4. The standard InChI is InChI=1S/C19H17N3O5/c1-27-19(26)11-6-8-12(9-7-11)20-16(23)10-15-18(25)21-14-5-3-2-4-13(14)17(24)22-15/h2-9,15H,10H2,1H3,(H,20,23)(H,21,25)(H,22,24)/t15-/m0/s1. The molecule has 1 aliphatic heterocycles. The van der Waals surface area contributed by atoms with Gasteiger partial charge in [0.25, 0.3) is 5.91 Å². The van der Waals surface area contributed by atoms with Gasteiger partial charge in [0.05, 0.1) is 30.3 Å². The maximum Gasteiger partial charge on any atom is 0.337 e. The van der Waals surface area contributed by atoms with Gasteiger partial charge in [0.15, 0.2) is 0 Å². The van der Waals surface area contributed by atoms with Crippen LogP contribution in [0.25, 0.3) is 0 Å². The van der Waals surface area contributed by atoms with Crippen LogP contribution in [0.15, 0.2) is 48.5 Å². The molecule has 3 rings (SSSR count). The van der Waals surface area contributed by atoms with E-state index in [4.69, 9.17) is 0 Å². The van der Waals surface area contributed by atoms with E-state index < -0.39 is 29.7 Å². The summed E-state index contributed by atoms with van der Waals surface area (Å²) in [4.78, 5) is 48.2. The van der Waals surface area contributed by atoms with Crippen LogP contribution >= 0.6 is 0 Å². The third-order valence-corrected chi connectivity index (χ3v) is 4.03. The first-order chi connectivity index (χ1) is 13.0. The third-order valence-electron chi connectivity index (χ3n) is 4.03. The second kappa shape index (κ2) is 7.69. The number of hydrogen-bond donors (Lipinski definition) is 3. The number of nitrogens with one attached hydrogen (secondary N) is 3. The average Bonchev–Trinajstić information content (AvgIpc) is 2.78. The van der Waals surface area contributed by atoms with Crippen LogP contribution in [0.4, 0.5) is 11.4 Å². The fourth-order valence-electron chi connectivity index (χ4n) is 2.66. The molecule has 8 heteroatoms. The van der Waals surface area contributed by atoms with Gasteiger partial charge in [-0.1, -0.05) is 12.1 Å². The van der Waals surface area contributed by atoms with Crippen molar-refractivity contribution in [1.29, 1.82) is 0 Å². The Hall–Kier alpha value is -3.68. The Morgan fingerprint density at radius 3 is 2.48 bits per heavy atom. The Balaban J connectivity index is 1.65. The normalized spacial score (nSPS) is 15.7. The van der Waals surface area contributed by atoms with Gasteiger partial charge < -0.3 is 20.7 Å². The van der Waals surface area contributed by atoms with Crippen molar-refractivity contribution >= 4 is 35.1 Å². The maximum atomic E-state index is 12.3. The first-order valence-electron chi connectivity index (χ1n) is 8.17. The van der Waals surface area contributed by atoms with Crippen LogP contribution in [0.2, 0.25) is 0 Å². The Morgan fingerprint density at radius 2 is 1.78 bits per heavy atom. The van der Waals surface area contributed by atoms with Crippen molar-refractivity contribution in [3.8, 4) is 0 Å². The Kier molecular flexibility index (Phi) is 5.16. The van der Waals surface area contributed by atoms with Crippen LogP contribution in [-0.2, 0) is 14.3 Å². The van der Waals surface area contributed by atoms with E-state index in [9.17, 15) is 19.2 Å². The number of esters is 1. The Bertz CT molecular complexity index is 908. The molecule has 27 heavy (non-hydrogen) atoms. The minimum atomic E-state index is -1.00. The molecule has 0 bridgehead atoms. The number of hydrogen-bond acceptors (Lipinski definition) is 5. The summed E-state index contributed by atoms with van der Waals surface area (Å²) >= 11 is 0. The smallest absolute Gasteiger partial charge is 0.337 e. The number of carbonyl (C=O) groups is 4. The third kappa shape index (κ3) is 4.12. The molecule has 1 aliphatic rings. The van der Waals surface area contributed by atoms with Crippen molar-refractivity contribution < 1.29 is 23.9 Å². The SMILES string of the molecule is COC(=O)c1ccc(NC(=O)C[C@@H]2NC(=O)c3ccccc3NC2=O)cc1. The summed E-state index contributed by atoms with van der Waals surface area (Å²) in [6.07, 6.45) is -0.232. The van der Waals surface area contributed by atoms with Gasteiger partial charge in [0.1, 0.15) is 6.04 Å². The van der Waals surface area contributed by atoms with E-state index in [1.807, 2.05) is 0 Å². The molecule has 3 N–H and O–H groups in total. The molecule has 2 aromatic carbocycles. The average molecular weight is 367 g/mol. The number of rotatable bonds is 4. The molecule has 0 aromatic heterocycles. The molecule has 0 saturated carbocycles. The molecule has 2 aromatic rings. The number of methoxy groups -OCH3 is 1. The number of para-hydroxylation sites is 1. The highest BCUT2D eigenvalue weighted by Gasteiger charge is 2.29. The van der Waals surface area contributed by atoms with E-state index in [1.54, 1.807) is 36.4 Å². The Labute approximate surface area is 154 Å². The van der Waals surface area contributed by atoms with E-state index in [0.29, 0.717) is 22.5 Å². The van der Waals surface area contributed by atoms with Gasteiger partial charge in [0.2, 0.25) is 11.8 Å². The summed E-state index contributed by atoms with van der Waals surface area (Å²) in [5.74, 6) is -1.83. The van der Waals surface area contributed by atoms with Crippen LogP contribution in [0.5, 0.6) is 0 Å². The zero-order chi connectivity index (χ0) is 19.4. The fourth-order valence-corrected chi connectivity index (χ4v) is 2.66. The second-order valence-corrected chi connectivity index (χ2v) is 5.88. The van der Waals surface area contributed by atoms with Crippen molar-refractivity contribution in [2.45, 2.75) is 12.5 Å². The van der Waals surface area contributed by atoms with Gasteiger partial charge in [-0.3, -0.25) is 14.4 Å². The van der Waals surface area contributed by atoms with E-state index in [2.05, 4.69) is 20.7 Å². The monoisotopic (exact) mass is 367 g/mol. The van der Waals surface area contributed by atoms with Gasteiger partial charge in [-0.05, 0) is 36.4 Å². The quantitative estimate of drug-likeness (QED) is 0.710. The van der Waals surface area contributed by atoms with E-state index in [0.717, 1.165) is 0 Å². The van der Waals surface area contributed by atoms with Crippen LogP contribution in [0, 0.1) is 0 Å². The van der Waals surface area contributed by atoms with Gasteiger partial charge in [-0.2, -0.15) is 0 Å². The lowest BCUT2D eigenvalue weighted by Gasteiger charge is -2.14. The lowest BCUT2D eigenvalue weighted by molar-refractivity contribution is -0.122. The number of anilines is 2. The molecule has 1 atom stereocenters. The topological polar surface area (TPSA) is 114 Å². The van der Waals surface area contributed by atoms with Crippen molar-refractivity contribution in [3.05, 3.63) is 59.7 Å². The number of carbonyl (C=O) groups excluding carboxylic acids is 4. The summed E-state index contributed by atoms with van der Waals surface area (Å²) in [6, 6.07) is 11.7. The highest BCUT2D eigenvalue weighted by atomic mass is 16.5. The van der Waals surface area contributed by atoms with Gasteiger partial charge in [0, 0.05) is 5.69 Å².